The minimum absolute atomic E-state index is 0.0226. The molecule has 2 N–H and O–H groups in total. The Hall–Kier alpha value is -2.38. The molecule has 0 unspecified atom stereocenters. The van der Waals surface area contributed by atoms with Gasteiger partial charge in [-0.3, -0.25) is 4.79 Å². The maximum Gasteiger partial charge on any atom is 0.317 e. The lowest BCUT2D eigenvalue weighted by Crippen LogP contribution is -2.53. The van der Waals surface area contributed by atoms with Crippen LogP contribution < -0.4 is 15.5 Å². The molecule has 0 radical (unpaired) electrons. The number of urea groups is 1. The molecule has 3 rings (SSSR count). The molecule has 0 saturated carbocycles. The van der Waals surface area contributed by atoms with Crippen LogP contribution in [-0.2, 0) is 4.79 Å². The second kappa shape index (κ2) is 8.13. The molecule has 0 aliphatic carbocycles. The maximum absolute atomic E-state index is 12.5. The predicted molar refractivity (Wildman–Crippen MR) is 94.2 cm³/mol. The highest BCUT2D eigenvalue weighted by molar-refractivity contribution is 5.79. The van der Waals surface area contributed by atoms with Gasteiger partial charge in [-0.1, -0.05) is 0 Å². The summed E-state index contributed by atoms with van der Waals surface area (Å²) in [5.74, 6) is 0.813. The van der Waals surface area contributed by atoms with Crippen molar-refractivity contribution in [1.82, 2.24) is 25.5 Å². The fraction of sp³-hybridized carbons (Fsp3) is 0.647. The smallest absolute Gasteiger partial charge is 0.317 e. The van der Waals surface area contributed by atoms with Crippen molar-refractivity contribution < 1.29 is 9.59 Å². The second-order valence-electron chi connectivity index (χ2n) is 6.66. The molecule has 1 atom stereocenters. The van der Waals surface area contributed by atoms with E-state index in [-0.39, 0.29) is 23.9 Å². The van der Waals surface area contributed by atoms with Crippen LogP contribution in [0.15, 0.2) is 18.5 Å². The number of anilines is 1. The Kier molecular flexibility index (Phi) is 5.67. The minimum atomic E-state index is -0.0313. The van der Waals surface area contributed by atoms with Crippen LogP contribution >= 0.6 is 0 Å². The Labute approximate surface area is 148 Å². The van der Waals surface area contributed by atoms with Crippen LogP contribution in [0.5, 0.6) is 0 Å². The molecule has 2 saturated heterocycles. The van der Waals surface area contributed by atoms with Gasteiger partial charge in [-0.2, -0.15) is 0 Å². The molecule has 3 heterocycles. The number of aromatic nitrogens is 2. The largest absolute Gasteiger partial charge is 0.359 e. The summed E-state index contributed by atoms with van der Waals surface area (Å²) in [5.41, 5.74) is 0. The second-order valence-corrected chi connectivity index (χ2v) is 6.66. The Bertz CT molecular complexity index is 588. The number of nitrogens with zero attached hydrogens (tertiary/aromatic N) is 4. The van der Waals surface area contributed by atoms with E-state index in [0.717, 1.165) is 38.8 Å². The fourth-order valence-corrected chi connectivity index (χ4v) is 3.55. The van der Waals surface area contributed by atoms with Gasteiger partial charge in [0.05, 0.1) is 0 Å². The molecule has 0 spiro atoms. The van der Waals surface area contributed by atoms with Crippen LogP contribution in [0.4, 0.5) is 10.7 Å². The number of rotatable bonds is 3. The topological polar surface area (TPSA) is 90.5 Å². The highest BCUT2D eigenvalue weighted by atomic mass is 16.2. The van der Waals surface area contributed by atoms with Gasteiger partial charge in [0.2, 0.25) is 11.9 Å². The number of amides is 3. The summed E-state index contributed by atoms with van der Waals surface area (Å²) in [6.45, 7) is 2.89. The maximum atomic E-state index is 12.5. The van der Waals surface area contributed by atoms with Crippen molar-refractivity contribution >= 4 is 17.9 Å². The number of piperidine rings is 2. The summed E-state index contributed by atoms with van der Waals surface area (Å²) < 4.78 is 0. The molecule has 0 bridgehead atoms. The molecular weight excluding hydrogens is 320 g/mol. The van der Waals surface area contributed by atoms with Crippen LogP contribution in [0.2, 0.25) is 0 Å². The first-order chi connectivity index (χ1) is 12.2. The van der Waals surface area contributed by atoms with E-state index >= 15 is 0 Å². The monoisotopic (exact) mass is 346 g/mol. The van der Waals surface area contributed by atoms with Gasteiger partial charge in [-0.25, -0.2) is 14.8 Å². The molecule has 136 valence electrons. The van der Waals surface area contributed by atoms with E-state index in [1.54, 1.807) is 25.5 Å². The quantitative estimate of drug-likeness (QED) is 0.837. The summed E-state index contributed by atoms with van der Waals surface area (Å²) in [6.07, 6.45) is 6.89. The van der Waals surface area contributed by atoms with E-state index in [1.165, 1.54) is 0 Å². The van der Waals surface area contributed by atoms with Crippen molar-refractivity contribution in [1.29, 1.82) is 0 Å². The molecule has 25 heavy (non-hydrogen) atoms. The third-order valence-corrected chi connectivity index (χ3v) is 4.98. The molecule has 0 aromatic carbocycles. The third kappa shape index (κ3) is 4.37. The lowest BCUT2D eigenvalue weighted by atomic mass is 9.96. The SMILES string of the molecule is CNC(=O)C1CCN(C(=O)N[C@@H]2CCCN(c3ncccn3)C2)CC1. The van der Waals surface area contributed by atoms with E-state index in [9.17, 15) is 9.59 Å². The van der Waals surface area contributed by atoms with Crippen molar-refractivity contribution in [2.45, 2.75) is 31.7 Å². The highest BCUT2D eigenvalue weighted by Crippen LogP contribution is 2.19. The summed E-state index contributed by atoms with van der Waals surface area (Å²) >= 11 is 0. The third-order valence-electron chi connectivity index (χ3n) is 4.98. The molecule has 2 aliphatic heterocycles. The minimum Gasteiger partial charge on any atom is -0.359 e. The Morgan fingerprint density at radius 1 is 1.12 bits per heavy atom. The Morgan fingerprint density at radius 3 is 2.52 bits per heavy atom. The van der Waals surface area contributed by atoms with Gasteiger partial charge < -0.3 is 20.4 Å². The molecule has 1 aromatic heterocycles. The number of likely N-dealkylation sites (tertiary alicyclic amines) is 1. The highest BCUT2D eigenvalue weighted by Gasteiger charge is 2.29. The Morgan fingerprint density at radius 2 is 1.84 bits per heavy atom. The van der Waals surface area contributed by atoms with Crippen LogP contribution in [-0.4, -0.2) is 66.1 Å². The summed E-state index contributed by atoms with van der Waals surface area (Å²) in [4.78, 5) is 36.7. The van der Waals surface area contributed by atoms with Crippen LogP contribution in [0.25, 0.3) is 0 Å². The predicted octanol–water partition coefficient (Wildman–Crippen LogP) is 0.613. The Balaban J connectivity index is 1.49. The van der Waals surface area contributed by atoms with Gasteiger partial charge in [-0.15, -0.1) is 0 Å². The summed E-state index contributed by atoms with van der Waals surface area (Å²) in [5, 5.41) is 5.83. The molecule has 2 fully saturated rings. The first kappa shape index (κ1) is 17.4. The van der Waals surface area contributed by atoms with Gasteiger partial charge in [-0.05, 0) is 31.7 Å². The van der Waals surface area contributed by atoms with Gasteiger partial charge in [0.1, 0.15) is 0 Å². The number of nitrogens with one attached hydrogen (secondary N) is 2. The van der Waals surface area contributed by atoms with Crippen molar-refractivity contribution in [2.24, 2.45) is 5.92 Å². The first-order valence-electron chi connectivity index (χ1n) is 8.96. The molecule has 3 amide bonds. The molecule has 8 heteroatoms. The summed E-state index contributed by atoms with van der Waals surface area (Å²) in [7, 11) is 1.66. The average Bonchev–Trinajstić information content (AvgIpc) is 2.68. The van der Waals surface area contributed by atoms with Gasteiger partial charge in [0, 0.05) is 57.6 Å². The van der Waals surface area contributed by atoms with E-state index in [1.807, 2.05) is 4.90 Å². The zero-order valence-corrected chi connectivity index (χ0v) is 14.6. The standard InChI is InChI=1S/C17H26N6O2/c1-18-15(24)13-5-10-22(11-6-13)17(25)21-14-4-2-9-23(12-14)16-19-7-3-8-20-16/h3,7-8,13-14H,2,4-6,9-12H2,1H3,(H,18,24)(H,21,25)/t14-/m1/s1. The van der Waals surface area contributed by atoms with Crippen molar-refractivity contribution in [2.75, 3.05) is 38.1 Å². The number of hydrogen-bond donors (Lipinski definition) is 2. The molecule has 2 aliphatic rings. The zero-order chi connectivity index (χ0) is 17.6. The zero-order valence-electron chi connectivity index (χ0n) is 14.6. The van der Waals surface area contributed by atoms with Crippen LogP contribution in [0.1, 0.15) is 25.7 Å². The van der Waals surface area contributed by atoms with Crippen molar-refractivity contribution in [3.63, 3.8) is 0 Å². The van der Waals surface area contributed by atoms with Gasteiger partial charge in [0.15, 0.2) is 0 Å². The van der Waals surface area contributed by atoms with E-state index in [0.29, 0.717) is 19.0 Å². The number of carbonyl (C=O) groups is 2. The van der Waals surface area contributed by atoms with Crippen LogP contribution in [0.3, 0.4) is 0 Å². The normalized spacial score (nSPS) is 21.7. The lowest BCUT2D eigenvalue weighted by molar-refractivity contribution is -0.125. The average molecular weight is 346 g/mol. The van der Waals surface area contributed by atoms with E-state index in [4.69, 9.17) is 0 Å². The fourth-order valence-electron chi connectivity index (χ4n) is 3.55. The van der Waals surface area contributed by atoms with Gasteiger partial charge in [0.25, 0.3) is 0 Å². The number of carbonyl (C=O) groups excluding carboxylic acids is 2. The summed E-state index contributed by atoms with van der Waals surface area (Å²) in [6, 6.07) is 1.87. The number of hydrogen-bond acceptors (Lipinski definition) is 5. The van der Waals surface area contributed by atoms with Crippen molar-refractivity contribution in [3.05, 3.63) is 18.5 Å². The van der Waals surface area contributed by atoms with E-state index in [2.05, 4.69) is 25.5 Å². The molecular formula is C17H26N6O2. The lowest BCUT2D eigenvalue weighted by Gasteiger charge is -2.36. The first-order valence-corrected chi connectivity index (χ1v) is 8.96. The van der Waals surface area contributed by atoms with Crippen molar-refractivity contribution in [3.8, 4) is 0 Å². The molecule has 8 nitrogen and oxygen atoms in total. The van der Waals surface area contributed by atoms with Crippen LogP contribution in [0, 0.1) is 5.92 Å². The molecule has 1 aromatic rings. The van der Waals surface area contributed by atoms with Gasteiger partial charge >= 0.3 is 6.03 Å². The van der Waals surface area contributed by atoms with E-state index < -0.39 is 0 Å².